The van der Waals surface area contributed by atoms with E-state index in [4.69, 9.17) is 4.74 Å². The van der Waals surface area contributed by atoms with Crippen molar-refractivity contribution in [3.05, 3.63) is 65.4 Å². The molecule has 0 atom stereocenters. The van der Waals surface area contributed by atoms with Gasteiger partial charge < -0.3 is 14.6 Å². The summed E-state index contributed by atoms with van der Waals surface area (Å²) < 4.78 is 6.09. The molecule has 2 heterocycles. The van der Waals surface area contributed by atoms with Crippen LogP contribution in [0.3, 0.4) is 0 Å². The first-order valence-corrected chi connectivity index (χ1v) is 8.29. The number of aromatic nitrogens is 1. The Labute approximate surface area is 136 Å². The maximum atomic E-state index is 6.09. The van der Waals surface area contributed by atoms with Gasteiger partial charge in [0.25, 0.3) is 0 Å². The van der Waals surface area contributed by atoms with Crippen LogP contribution < -0.4 is 4.74 Å². The van der Waals surface area contributed by atoms with Crippen LogP contribution >= 0.6 is 0 Å². The number of hydrogen-bond acceptors (Lipinski definition) is 2. The van der Waals surface area contributed by atoms with Crippen molar-refractivity contribution in [3.63, 3.8) is 0 Å². The fraction of sp³-hybridized carbons (Fsp3) is 0.300. The molecular weight excluding hydrogens is 284 g/mol. The fourth-order valence-corrected chi connectivity index (χ4v) is 3.37. The van der Waals surface area contributed by atoms with Crippen molar-refractivity contribution in [2.24, 2.45) is 0 Å². The molecular formula is C20H22N2O. The van der Waals surface area contributed by atoms with Gasteiger partial charge in [0.1, 0.15) is 12.4 Å². The molecule has 3 aromatic rings. The minimum Gasteiger partial charge on any atom is -0.487 e. The zero-order valence-corrected chi connectivity index (χ0v) is 13.5. The van der Waals surface area contributed by atoms with Gasteiger partial charge in [-0.3, -0.25) is 0 Å². The van der Waals surface area contributed by atoms with Crippen LogP contribution in [0.5, 0.6) is 5.75 Å². The second-order valence-electron chi connectivity index (χ2n) is 6.34. The average Bonchev–Trinajstić information content (AvgIpc) is 2.85. The Bertz CT molecular complexity index is 807. The van der Waals surface area contributed by atoms with E-state index >= 15 is 0 Å². The van der Waals surface area contributed by atoms with E-state index in [-0.39, 0.29) is 0 Å². The summed E-state index contributed by atoms with van der Waals surface area (Å²) in [6.45, 7) is 2.83. The Kier molecular flexibility index (Phi) is 3.80. The van der Waals surface area contributed by atoms with Crippen molar-refractivity contribution in [1.29, 1.82) is 0 Å². The Morgan fingerprint density at radius 1 is 1.00 bits per heavy atom. The molecule has 4 rings (SSSR count). The first-order chi connectivity index (χ1) is 11.3. The first kappa shape index (κ1) is 14.3. The summed E-state index contributed by atoms with van der Waals surface area (Å²) >= 11 is 0. The number of benzene rings is 2. The lowest BCUT2D eigenvalue weighted by atomic mass is 10.1. The van der Waals surface area contributed by atoms with Crippen LogP contribution in [-0.2, 0) is 19.4 Å². The van der Waals surface area contributed by atoms with Gasteiger partial charge in [-0.1, -0.05) is 42.5 Å². The number of likely N-dealkylation sites (N-methyl/N-ethyl adjacent to an activating group) is 1. The van der Waals surface area contributed by atoms with E-state index in [0.29, 0.717) is 6.61 Å². The number of rotatable bonds is 3. The average molecular weight is 306 g/mol. The molecule has 118 valence electrons. The largest absolute Gasteiger partial charge is 0.487 e. The normalized spacial score (nSPS) is 15.3. The third-order valence-corrected chi connectivity index (χ3v) is 4.72. The lowest BCUT2D eigenvalue weighted by Gasteiger charge is -2.12. The highest BCUT2D eigenvalue weighted by molar-refractivity contribution is 5.89. The van der Waals surface area contributed by atoms with Crippen molar-refractivity contribution in [3.8, 4) is 5.75 Å². The number of hydrogen-bond donors (Lipinski definition) is 1. The van der Waals surface area contributed by atoms with Crippen molar-refractivity contribution in [2.75, 3.05) is 20.1 Å². The summed E-state index contributed by atoms with van der Waals surface area (Å²) in [5.74, 6) is 0.952. The maximum Gasteiger partial charge on any atom is 0.143 e. The van der Waals surface area contributed by atoms with E-state index in [2.05, 4.69) is 47.3 Å². The van der Waals surface area contributed by atoms with Gasteiger partial charge in [-0.15, -0.1) is 0 Å². The Balaban J connectivity index is 1.65. The van der Waals surface area contributed by atoms with Crippen LogP contribution in [0.2, 0.25) is 0 Å². The third kappa shape index (κ3) is 2.84. The molecule has 3 nitrogen and oxygen atoms in total. The molecule has 2 aromatic carbocycles. The van der Waals surface area contributed by atoms with E-state index < -0.39 is 0 Å². The summed E-state index contributed by atoms with van der Waals surface area (Å²) in [4.78, 5) is 6.03. The second kappa shape index (κ2) is 6.09. The number of H-pyrrole nitrogens is 1. The topological polar surface area (TPSA) is 28.3 Å². The van der Waals surface area contributed by atoms with Gasteiger partial charge in [0.05, 0.1) is 5.52 Å². The molecule has 0 saturated heterocycles. The SMILES string of the molecule is CN1CCc2[nH]c3c(OCc4ccccc4)cccc3c2CC1. The number of ether oxygens (including phenoxy) is 1. The van der Waals surface area contributed by atoms with Crippen LogP contribution in [0.4, 0.5) is 0 Å². The smallest absolute Gasteiger partial charge is 0.143 e. The van der Waals surface area contributed by atoms with Crippen LogP contribution in [0, 0.1) is 0 Å². The van der Waals surface area contributed by atoms with Crippen molar-refractivity contribution in [2.45, 2.75) is 19.4 Å². The van der Waals surface area contributed by atoms with Crippen LogP contribution in [-0.4, -0.2) is 30.0 Å². The zero-order chi connectivity index (χ0) is 15.6. The molecule has 1 aromatic heterocycles. The van der Waals surface area contributed by atoms with E-state index in [9.17, 15) is 0 Å². The Morgan fingerprint density at radius 3 is 2.70 bits per heavy atom. The number of fused-ring (bicyclic) bond motifs is 3. The Morgan fingerprint density at radius 2 is 1.83 bits per heavy atom. The second-order valence-corrected chi connectivity index (χ2v) is 6.34. The van der Waals surface area contributed by atoms with Gasteiger partial charge in [-0.25, -0.2) is 0 Å². The van der Waals surface area contributed by atoms with Gasteiger partial charge >= 0.3 is 0 Å². The summed E-state index contributed by atoms with van der Waals surface area (Å²) in [7, 11) is 2.20. The summed E-state index contributed by atoms with van der Waals surface area (Å²) in [5, 5.41) is 1.32. The van der Waals surface area contributed by atoms with Crippen LogP contribution in [0.1, 0.15) is 16.8 Å². The number of nitrogens with zero attached hydrogens (tertiary/aromatic N) is 1. The van der Waals surface area contributed by atoms with Gasteiger partial charge in [-0.05, 0) is 30.7 Å². The molecule has 0 bridgehead atoms. The van der Waals surface area contributed by atoms with Gasteiger partial charge in [0.2, 0.25) is 0 Å². The molecule has 0 amide bonds. The number of aromatic amines is 1. The van der Waals surface area contributed by atoms with Gasteiger partial charge in [-0.2, -0.15) is 0 Å². The molecule has 0 radical (unpaired) electrons. The monoisotopic (exact) mass is 306 g/mol. The minimum atomic E-state index is 0.604. The Hall–Kier alpha value is -2.26. The molecule has 0 fully saturated rings. The summed E-state index contributed by atoms with van der Waals surface area (Å²) in [6, 6.07) is 16.7. The number of nitrogens with one attached hydrogen (secondary N) is 1. The van der Waals surface area contributed by atoms with E-state index in [1.807, 2.05) is 18.2 Å². The molecule has 0 saturated carbocycles. The van der Waals surface area contributed by atoms with Crippen molar-refractivity contribution in [1.82, 2.24) is 9.88 Å². The summed E-state index contributed by atoms with van der Waals surface area (Å²) in [6.07, 6.45) is 2.19. The standard InChI is InChI=1S/C20H22N2O/c1-22-12-10-16-17-8-5-9-19(20(17)21-18(16)11-13-22)23-14-15-6-3-2-4-7-15/h2-9,21H,10-14H2,1H3. The van der Waals surface area contributed by atoms with Crippen molar-refractivity contribution < 1.29 is 4.74 Å². The number of para-hydroxylation sites is 1. The summed E-state index contributed by atoms with van der Waals surface area (Å²) in [5.41, 5.74) is 5.19. The lowest BCUT2D eigenvalue weighted by molar-refractivity contribution is 0.309. The highest BCUT2D eigenvalue weighted by Gasteiger charge is 2.18. The molecule has 0 unspecified atom stereocenters. The quantitative estimate of drug-likeness (QED) is 0.797. The van der Waals surface area contributed by atoms with E-state index in [1.54, 1.807) is 0 Å². The predicted molar refractivity (Wildman–Crippen MR) is 94.0 cm³/mol. The fourth-order valence-electron chi connectivity index (χ4n) is 3.37. The van der Waals surface area contributed by atoms with E-state index in [1.165, 1.54) is 22.2 Å². The highest BCUT2D eigenvalue weighted by Crippen LogP contribution is 2.32. The molecule has 1 N–H and O–H groups in total. The molecule has 23 heavy (non-hydrogen) atoms. The van der Waals surface area contributed by atoms with Crippen LogP contribution in [0.15, 0.2) is 48.5 Å². The van der Waals surface area contributed by atoms with E-state index in [0.717, 1.165) is 37.2 Å². The van der Waals surface area contributed by atoms with Gasteiger partial charge in [0, 0.05) is 30.6 Å². The first-order valence-electron chi connectivity index (χ1n) is 8.29. The minimum absolute atomic E-state index is 0.604. The molecule has 0 aliphatic carbocycles. The predicted octanol–water partition coefficient (Wildman–Crippen LogP) is 3.78. The highest BCUT2D eigenvalue weighted by atomic mass is 16.5. The molecule has 1 aliphatic rings. The lowest BCUT2D eigenvalue weighted by Crippen LogP contribution is -2.21. The molecule has 0 spiro atoms. The molecule has 1 aliphatic heterocycles. The van der Waals surface area contributed by atoms with Crippen LogP contribution in [0.25, 0.3) is 10.9 Å². The van der Waals surface area contributed by atoms with Crippen molar-refractivity contribution >= 4 is 10.9 Å². The maximum absolute atomic E-state index is 6.09. The molecule has 3 heteroatoms. The third-order valence-electron chi connectivity index (χ3n) is 4.72. The van der Waals surface area contributed by atoms with Gasteiger partial charge in [0.15, 0.2) is 0 Å². The zero-order valence-electron chi connectivity index (χ0n) is 13.5.